The third-order valence-electron chi connectivity index (χ3n) is 2.09. The molecule has 0 aromatic carbocycles. The standard InChI is InChI=1S/C11H19F2NO4/c1-3-18-11(16)4-6-14(2)10(15)5-7-17-8-9(12)13/h9H,3-8H2,1-2H3. The van der Waals surface area contributed by atoms with Crippen molar-refractivity contribution in [1.82, 2.24) is 4.90 Å². The highest BCUT2D eigenvalue weighted by Crippen LogP contribution is 1.98. The van der Waals surface area contributed by atoms with E-state index in [1.54, 1.807) is 6.92 Å². The van der Waals surface area contributed by atoms with Crippen molar-refractivity contribution in [2.45, 2.75) is 26.2 Å². The number of hydrogen-bond donors (Lipinski definition) is 0. The summed E-state index contributed by atoms with van der Waals surface area (Å²) in [7, 11) is 1.54. The van der Waals surface area contributed by atoms with Crippen molar-refractivity contribution >= 4 is 11.9 Å². The van der Waals surface area contributed by atoms with Crippen molar-refractivity contribution in [3.8, 4) is 0 Å². The van der Waals surface area contributed by atoms with E-state index < -0.39 is 13.0 Å². The largest absolute Gasteiger partial charge is 0.466 e. The summed E-state index contributed by atoms with van der Waals surface area (Å²) in [4.78, 5) is 23.9. The molecule has 0 aliphatic heterocycles. The van der Waals surface area contributed by atoms with Gasteiger partial charge in [-0.3, -0.25) is 9.59 Å². The minimum Gasteiger partial charge on any atom is -0.466 e. The summed E-state index contributed by atoms with van der Waals surface area (Å²) < 4.78 is 32.8. The van der Waals surface area contributed by atoms with Crippen LogP contribution in [0.25, 0.3) is 0 Å². The maximum Gasteiger partial charge on any atom is 0.307 e. The fourth-order valence-corrected chi connectivity index (χ4v) is 1.14. The predicted octanol–water partition coefficient (Wildman–Crippen LogP) is 1.07. The Bertz CT molecular complexity index is 261. The summed E-state index contributed by atoms with van der Waals surface area (Å²) >= 11 is 0. The second-order valence-corrected chi connectivity index (χ2v) is 3.59. The van der Waals surface area contributed by atoms with Gasteiger partial charge in [0, 0.05) is 13.6 Å². The van der Waals surface area contributed by atoms with Gasteiger partial charge in [0.1, 0.15) is 6.61 Å². The third-order valence-corrected chi connectivity index (χ3v) is 2.09. The first kappa shape index (κ1) is 16.8. The molecule has 0 bridgehead atoms. The number of esters is 1. The van der Waals surface area contributed by atoms with Crippen molar-refractivity contribution < 1.29 is 27.8 Å². The Labute approximate surface area is 105 Å². The van der Waals surface area contributed by atoms with Gasteiger partial charge >= 0.3 is 5.97 Å². The second kappa shape index (κ2) is 9.76. The lowest BCUT2D eigenvalue weighted by atomic mass is 10.3. The topological polar surface area (TPSA) is 55.8 Å². The zero-order valence-corrected chi connectivity index (χ0v) is 10.7. The van der Waals surface area contributed by atoms with Crippen molar-refractivity contribution in [2.24, 2.45) is 0 Å². The van der Waals surface area contributed by atoms with Crippen LogP contribution in [-0.2, 0) is 19.1 Å². The average molecular weight is 267 g/mol. The van der Waals surface area contributed by atoms with Crippen LogP contribution in [0.15, 0.2) is 0 Å². The zero-order valence-electron chi connectivity index (χ0n) is 10.7. The van der Waals surface area contributed by atoms with Crippen molar-refractivity contribution in [1.29, 1.82) is 0 Å². The SMILES string of the molecule is CCOC(=O)CCN(C)C(=O)CCOCC(F)F. The number of nitrogens with zero attached hydrogens (tertiary/aromatic N) is 1. The molecule has 0 spiro atoms. The molecular weight excluding hydrogens is 248 g/mol. The summed E-state index contributed by atoms with van der Waals surface area (Å²) in [5, 5.41) is 0. The number of alkyl halides is 2. The first-order chi connectivity index (χ1) is 8.47. The third kappa shape index (κ3) is 8.86. The van der Waals surface area contributed by atoms with Gasteiger partial charge in [-0.2, -0.15) is 0 Å². The van der Waals surface area contributed by atoms with E-state index in [9.17, 15) is 18.4 Å². The van der Waals surface area contributed by atoms with E-state index in [1.165, 1.54) is 11.9 Å². The number of ether oxygens (including phenoxy) is 2. The molecular formula is C11H19F2NO4. The van der Waals surface area contributed by atoms with Crippen molar-refractivity contribution in [2.75, 3.05) is 33.4 Å². The maximum atomic E-state index is 11.7. The smallest absolute Gasteiger partial charge is 0.307 e. The molecule has 0 aromatic rings. The summed E-state index contributed by atoms with van der Waals surface area (Å²) in [6.45, 7) is 1.53. The first-order valence-corrected chi connectivity index (χ1v) is 5.72. The molecule has 18 heavy (non-hydrogen) atoms. The molecule has 0 saturated heterocycles. The molecule has 0 radical (unpaired) electrons. The zero-order chi connectivity index (χ0) is 14.0. The number of carbonyl (C=O) groups excluding carboxylic acids is 2. The lowest BCUT2D eigenvalue weighted by Gasteiger charge is -2.16. The van der Waals surface area contributed by atoms with Crippen LogP contribution in [-0.4, -0.2) is 56.6 Å². The number of rotatable bonds is 9. The van der Waals surface area contributed by atoms with Gasteiger partial charge in [-0.25, -0.2) is 8.78 Å². The number of halogens is 2. The Morgan fingerprint density at radius 1 is 1.28 bits per heavy atom. The molecule has 5 nitrogen and oxygen atoms in total. The van der Waals surface area contributed by atoms with Gasteiger partial charge in [0.15, 0.2) is 0 Å². The highest BCUT2D eigenvalue weighted by molar-refractivity contribution is 5.77. The monoisotopic (exact) mass is 267 g/mol. The molecule has 0 saturated carbocycles. The minimum absolute atomic E-state index is 0.0199. The van der Waals surface area contributed by atoms with Crippen molar-refractivity contribution in [3.63, 3.8) is 0 Å². The van der Waals surface area contributed by atoms with Crippen LogP contribution in [0.2, 0.25) is 0 Å². The molecule has 106 valence electrons. The van der Waals surface area contributed by atoms with E-state index in [2.05, 4.69) is 4.74 Å². The van der Waals surface area contributed by atoms with Gasteiger partial charge in [0.25, 0.3) is 6.43 Å². The second-order valence-electron chi connectivity index (χ2n) is 3.59. The Morgan fingerprint density at radius 3 is 2.50 bits per heavy atom. The fraction of sp³-hybridized carbons (Fsp3) is 0.818. The summed E-state index contributed by atoms with van der Waals surface area (Å²) in [6.07, 6.45) is -2.39. The van der Waals surface area contributed by atoms with Gasteiger partial charge in [0.2, 0.25) is 5.91 Å². The lowest BCUT2D eigenvalue weighted by molar-refractivity contribution is -0.144. The quantitative estimate of drug-likeness (QED) is 0.463. The van der Waals surface area contributed by atoms with Gasteiger partial charge in [0.05, 0.1) is 26.1 Å². The van der Waals surface area contributed by atoms with E-state index >= 15 is 0 Å². The lowest BCUT2D eigenvalue weighted by Crippen LogP contribution is -2.30. The van der Waals surface area contributed by atoms with Gasteiger partial charge in [-0.05, 0) is 6.92 Å². The highest BCUT2D eigenvalue weighted by Gasteiger charge is 2.11. The van der Waals surface area contributed by atoms with Gasteiger partial charge < -0.3 is 14.4 Å². The Morgan fingerprint density at radius 2 is 1.94 bits per heavy atom. The van der Waals surface area contributed by atoms with E-state index in [1.807, 2.05) is 0 Å². The molecule has 0 aromatic heterocycles. The normalized spacial score (nSPS) is 10.5. The summed E-state index contributed by atoms with van der Waals surface area (Å²) in [5.74, 6) is -0.625. The Balaban J connectivity index is 3.66. The van der Waals surface area contributed by atoms with E-state index in [4.69, 9.17) is 4.74 Å². The molecule has 0 atom stereocenters. The fourth-order valence-electron chi connectivity index (χ4n) is 1.14. The van der Waals surface area contributed by atoms with Crippen LogP contribution in [0.5, 0.6) is 0 Å². The minimum atomic E-state index is -2.53. The molecule has 1 amide bonds. The molecule has 0 aliphatic rings. The average Bonchev–Trinajstić information content (AvgIpc) is 2.31. The van der Waals surface area contributed by atoms with E-state index in [0.717, 1.165) is 0 Å². The van der Waals surface area contributed by atoms with E-state index in [-0.39, 0.29) is 37.9 Å². The van der Waals surface area contributed by atoms with Crippen LogP contribution in [0.4, 0.5) is 8.78 Å². The van der Waals surface area contributed by atoms with Crippen LogP contribution in [0, 0.1) is 0 Å². The van der Waals surface area contributed by atoms with Crippen LogP contribution in [0.3, 0.4) is 0 Å². The van der Waals surface area contributed by atoms with Gasteiger partial charge in [-0.1, -0.05) is 0 Å². The van der Waals surface area contributed by atoms with E-state index in [0.29, 0.717) is 6.61 Å². The van der Waals surface area contributed by atoms with Gasteiger partial charge in [-0.15, -0.1) is 0 Å². The number of hydrogen-bond acceptors (Lipinski definition) is 4. The molecule has 0 rings (SSSR count). The number of carbonyl (C=O) groups is 2. The molecule has 7 heteroatoms. The maximum absolute atomic E-state index is 11.7. The van der Waals surface area contributed by atoms with Crippen LogP contribution < -0.4 is 0 Å². The Kier molecular flexibility index (Phi) is 9.08. The first-order valence-electron chi connectivity index (χ1n) is 5.72. The predicted molar refractivity (Wildman–Crippen MR) is 60.3 cm³/mol. The number of amides is 1. The van der Waals surface area contributed by atoms with Crippen LogP contribution in [0.1, 0.15) is 19.8 Å². The summed E-state index contributed by atoms with van der Waals surface area (Å²) in [6, 6.07) is 0. The molecule has 0 aliphatic carbocycles. The summed E-state index contributed by atoms with van der Waals surface area (Å²) in [5.41, 5.74) is 0. The molecule has 0 unspecified atom stereocenters. The van der Waals surface area contributed by atoms with Crippen molar-refractivity contribution in [3.05, 3.63) is 0 Å². The molecule has 0 N–H and O–H groups in total. The Hall–Kier alpha value is -1.24. The van der Waals surface area contributed by atoms with Crippen LogP contribution >= 0.6 is 0 Å². The highest BCUT2D eigenvalue weighted by atomic mass is 19.3. The molecule has 0 heterocycles. The molecule has 0 fully saturated rings.